The second-order valence-corrected chi connectivity index (χ2v) is 7.04. The summed E-state index contributed by atoms with van der Waals surface area (Å²) in [6, 6.07) is 7.87. The highest BCUT2D eigenvalue weighted by Gasteiger charge is 2.37. The normalized spacial score (nSPS) is 15.8. The van der Waals surface area contributed by atoms with E-state index in [-0.39, 0.29) is 31.2 Å². The van der Waals surface area contributed by atoms with E-state index in [1.54, 1.807) is 18.2 Å². The molecule has 1 aromatic carbocycles. The molecule has 1 saturated heterocycles. The fourth-order valence-electron chi connectivity index (χ4n) is 3.32. The molecule has 9 heteroatoms. The average Bonchev–Trinajstić information content (AvgIpc) is 3.27. The number of urea groups is 1. The van der Waals surface area contributed by atoms with Crippen molar-refractivity contribution in [1.29, 1.82) is 0 Å². The van der Waals surface area contributed by atoms with Crippen molar-refractivity contribution in [3.8, 4) is 11.5 Å². The molecule has 1 aliphatic rings. The Morgan fingerprint density at radius 1 is 1.17 bits per heavy atom. The number of nitrogens with one attached hydrogen (secondary N) is 2. The van der Waals surface area contributed by atoms with Gasteiger partial charge in [-0.25, -0.2) is 4.79 Å². The van der Waals surface area contributed by atoms with Crippen LogP contribution in [0.25, 0.3) is 0 Å². The topological polar surface area (TPSA) is 102 Å². The second kappa shape index (κ2) is 9.34. The summed E-state index contributed by atoms with van der Waals surface area (Å²) in [5.74, 6) is 0.577. The van der Waals surface area contributed by atoms with E-state index in [0.717, 1.165) is 16.2 Å². The third-order valence-corrected chi connectivity index (χ3v) is 5.07. The van der Waals surface area contributed by atoms with E-state index in [1.165, 1.54) is 14.2 Å². The van der Waals surface area contributed by atoms with Crippen LogP contribution in [0.5, 0.6) is 11.5 Å². The van der Waals surface area contributed by atoms with Gasteiger partial charge in [0.2, 0.25) is 5.91 Å². The molecular formula is C21H26N4O5. The minimum atomic E-state index is -0.710. The molecule has 4 amide bonds. The number of amides is 4. The zero-order chi connectivity index (χ0) is 21.7. The van der Waals surface area contributed by atoms with Crippen molar-refractivity contribution in [2.75, 3.05) is 14.2 Å². The van der Waals surface area contributed by atoms with E-state index >= 15 is 0 Å². The molecule has 0 saturated carbocycles. The highest BCUT2D eigenvalue weighted by atomic mass is 16.5. The molecule has 0 bridgehead atoms. The number of hydrogen-bond acceptors (Lipinski definition) is 5. The van der Waals surface area contributed by atoms with Gasteiger partial charge in [0.15, 0.2) is 11.5 Å². The quantitative estimate of drug-likeness (QED) is 0.607. The van der Waals surface area contributed by atoms with Gasteiger partial charge in [0, 0.05) is 25.4 Å². The molecule has 1 aromatic heterocycles. The Labute approximate surface area is 174 Å². The SMILES string of the molecule is COc1ccc(CN2C(=O)N[C@@H](CCC(=O)NCc3cccn3C)C2=O)cc1OC. The Bertz CT molecular complexity index is 939. The smallest absolute Gasteiger partial charge is 0.325 e. The van der Waals surface area contributed by atoms with E-state index < -0.39 is 12.1 Å². The molecule has 2 aromatic rings. The lowest BCUT2D eigenvalue weighted by atomic mass is 10.1. The predicted octanol–water partition coefficient (Wildman–Crippen LogP) is 1.56. The van der Waals surface area contributed by atoms with Gasteiger partial charge in [-0.1, -0.05) is 6.07 Å². The lowest BCUT2D eigenvalue weighted by molar-refractivity contribution is -0.128. The number of aromatic nitrogens is 1. The zero-order valence-electron chi connectivity index (χ0n) is 17.3. The fourth-order valence-corrected chi connectivity index (χ4v) is 3.32. The van der Waals surface area contributed by atoms with Crippen molar-refractivity contribution in [3.05, 3.63) is 47.8 Å². The molecule has 2 N–H and O–H groups in total. The molecule has 1 fully saturated rings. The fraction of sp³-hybridized carbons (Fsp3) is 0.381. The Morgan fingerprint density at radius 3 is 2.60 bits per heavy atom. The number of aryl methyl sites for hydroxylation is 1. The summed E-state index contributed by atoms with van der Waals surface area (Å²) in [6.07, 6.45) is 2.29. The molecule has 1 atom stereocenters. The molecule has 0 unspecified atom stereocenters. The number of ether oxygens (including phenoxy) is 2. The van der Waals surface area contributed by atoms with Crippen LogP contribution in [0.4, 0.5) is 4.79 Å². The third kappa shape index (κ3) is 4.73. The van der Waals surface area contributed by atoms with Crippen LogP contribution in [0.1, 0.15) is 24.1 Å². The Morgan fingerprint density at radius 2 is 1.93 bits per heavy atom. The lowest BCUT2D eigenvalue weighted by Crippen LogP contribution is -2.32. The van der Waals surface area contributed by atoms with Crippen molar-refractivity contribution in [3.63, 3.8) is 0 Å². The maximum absolute atomic E-state index is 12.7. The van der Waals surface area contributed by atoms with Crippen LogP contribution in [0.2, 0.25) is 0 Å². The zero-order valence-corrected chi connectivity index (χ0v) is 17.3. The molecule has 0 radical (unpaired) electrons. The van der Waals surface area contributed by atoms with Crippen LogP contribution in [-0.2, 0) is 29.7 Å². The van der Waals surface area contributed by atoms with Gasteiger partial charge in [0.1, 0.15) is 6.04 Å². The molecule has 9 nitrogen and oxygen atoms in total. The molecule has 0 spiro atoms. The maximum Gasteiger partial charge on any atom is 0.325 e. The van der Waals surface area contributed by atoms with Crippen LogP contribution in [0, 0.1) is 0 Å². The van der Waals surface area contributed by atoms with Gasteiger partial charge in [-0.05, 0) is 36.2 Å². The van der Waals surface area contributed by atoms with Crippen LogP contribution >= 0.6 is 0 Å². The minimum Gasteiger partial charge on any atom is -0.493 e. The summed E-state index contributed by atoms with van der Waals surface area (Å²) in [5.41, 5.74) is 1.71. The summed E-state index contributed by atoms with van der Waals surface area (Å²) < 4.78 is 12.4. The molecule has 160 valence electrons. The third-order valence-electron chi connectivity index (χ3n) is 5.07. The predicted molar refractivity (Wildman–Crippen MR) is 109 cm³/mol. The number of rotatable bonds is 9. The van der Waals surface area contributed by atoms with Crippen LogP contribution in [-0.4, -0.2) is 47.6 Å². The van der Waals surface area contributed by atoms with Crippen molar-refractivity contribution in [2.24, 2.45) is 7.05 Å². The largest absolute Gasteiger partial charge is 0.493 e. The maximum atomic E-state index is 12.7. The molecule has 3 rings (SSSR count). The number of carbonyl (C=O) groups excluding carboxylic acids is 3. The van der Waals surface area contributed by atoms with Gasteiger partial charge in [-0.2, -0.15) is 0 Å². The summed E-state index contributed by atoms with van der Waals surface area (Å²) in [7, 11) is 4.96. The number of imide groups is 1. The number of methoxy groups -OCH3 is 2. The summed E-state index contributed by atoms with van der Waals surface area (Å²) in [6.45, 7) is 0.528. The number of nitrogens with zero attached hydrogens (tertiary/aromatic N) is 2. The van der Waals surface area contributed by atoms with Gasteiger partial charge in [-0.3, -0.25) is 14.5 Å². The van der Waals surface area contributed by atoms with Gasteiger partial charge >= 0.3 is 6.03 Å². The van der Waals surface area contributed by atoms with Crippen molar-refractivity contribution < 1.29 is 23.9 Å². The van der Waals surface area contributed by atoms with E-state index in [1.807, 2.05) is 29.9 Å². The Balaban J connectivity index is 1.53. The summed E-state index contributed by atoms with van der Waals surface area (Å²) >= 11 is 0. The lowest BCUT2D eigenvalue weighted by Gasteiger charge is -2.15. The van der Waals surface area contributed by atoms with Crippen molar-refractivity contribution in [2.45, 2.75) is 32.0 Å². The van der Waals surface area contributed by atoms with E-state index in [2.05, 4.69) is 10.6 Å². The van der Waals surface area contributed by atoms with E-state index in [0.29, 0.717) is 18.0 Å². The van der Waals surface area contributed by atoms with Gasteiger partial charge < -0.3 is 24.7 Å². The molecule has 2 heterocycles. The van der Waals surface area contributed by atoms with Gasteiger partial charge in [0.25, 0.3) is 5.91 Å². The van der Waals surface area contributed by atoms with Crippen LogP contribution in [0.15, 0.2) is 36.5 Å². The van der Waals surface area contributed by atoms with Crippen LogP contribution in [0.3, 0.4) is 0 Å². The van der Waals surface area contributed by atoms with Crippen LogP contribution < -0.4 is 20.1 Å². The first kappa shape index (κ1) is 21.2. The van der Waals surface area contributed by atoms with Gasteiger partial charge in [0.05, 0.1) is 27.3 Å². The highest BCUT2D eigenvalue weighted by molar-refractivity contribution is 6.04. The minimum absolute atomic E-state index is 0.112. The number of benzene rings is 1. The highest BCUT2D eigenvalue weighted by Crippen LogP contribution is 2.28. The average molecular weight is 414 g/mol. The van der Waals surface area contributed by atoms with E-state index in [9.17, 15) is 14.4 Å². The Hall–Kier alpha value is -3.49. The first-order chi connectivity index (χ1) is 14.4. The summed E-state index contributed by atoms with van der Waals surface area (Å²) in [5, 5.41) is 5.48. The summed E-state index contributed by atoms with van der Waals surface area (Å²) in [4.78, 5) is 38.2. The van der Waals surface area contributed by atoms with E-state index in [4.69, 9.17) is 9.47 Å². The first-order valence-electron chi connectivity index (χ1n) is 9.62. The number of hydrogen-bond donors (Lipinski definition) is 2. The molecule has 30 heavy (non-hydrogen) atoms. The monoisotopic (exact) mass is 414 g/mol. The first-order valence-corrected chi connectivity index (χ1v) is 9.62. The van der Waals surface area contributed by atoms with Gasteiger partial charge in [-0.15, -0.1) is 0 Å². The second-order valence-electron chi connectivity index (χ2n) is 7.04. The Kier molecular flexibility index (Phi) is 6.61. The molecular weight excluding hydrogens is 388 g/mol. The van der Waals surface area contributed by atoms with Crippen molar-refractivity contribution in [1.82, 2.24) is 20.1 Å². The molecule has 1 aliphatic heterocycles. The number of carbonyl (C=O) groups is 3. The molecule has 0 aliphatic carbocycles. The standard InChI is InChI=1S/C21H26N4O5/c1-24-10-4-5-15(24)12-22-19(26)9-7-16-20(27)25(21(28)23-16)13-14-6-8-17(29-2)18(11-14)30-3/h4-6,8,10-11,16H,7,9,12-13H2,1-3H3,(H,22,26)(H,23,28)/t16-/m0/s1. The van der Waals surface area contributed by atoms with Crippen molar-refractivity contribution >= 4 is 17.8 Å².